The van der Waals surface area contributed by atoms with Crippen LogP contribution in [0, 0.1) is 0 Å². The fourth-order valence-corrected chi connectivity index (χ4v) is 1.94. The van der Waals surface area contributed by atoms with Crippen molar-refractivity contribution in [3.63, 3.8) is 0 Å². The van der Waals surface area contributed by atoms with Gasteiger partial charge in [0.05, 0.1) is 0 Å². The molecule has 0 amide bonds. The van der Waals surface area contributed by atoms with Crippen molar-refractivity contribution in [1.29, 1.82) is 0 Å². The summed E-state index contributed by atoms with van der Waals surface area (Å²) in [6.07, 6.45) is 5.63. The number of rotatable bonds is 3. The number of hydroxylamine groups is 2. The summed E-state index contributed by atoms with van der Waals surface area (Å²) in [4.78, 5) is 0. The van der Waals surface area contributed by atoms with Crippen molar-refractivity contribution >= 4 is 0 Å². The third-order valence-electron chi connectivity index (χ3n) is 2.91. The Hall–Kier alpha value is -0.0800. The Labute approximate surface area is 75.5 Å². The van der Waals surface area contributed by atoms with Crippen molar-refractivity contribution in [2.75, 3.05) is 0 Å². The molecule has 1 aliphatic heterocycles. The molecule has 1 aliphatic rings. The molecule has 1 unspecified atom stereocenters. The molecule has 1 fully saturated rings. The lowest BCUT2D eigenvalue weighted by Crippen LogP contribution is -2.38. The Balaban J connectivity index is 2.39. The lowest BCUT2D eigenvalue weighted by Gasteiger charge is -2.26. The smallest absolute Gasteiger partial charge is 0.0441 e. The van der Waals surface area contributed by atoms with E-state index in [1.165, 1.54) is 17.9 Å². The normalized spacial score (nSPS) is 29.5. The largest absolute Gasteiger partial charge is 0.146 e. The van der Waals surface area contributed by atoms with Gasteiger partial charge in [0.25, 0.3) is 0 Å². The molecule has 1 heterocycles. The van der Waals surface area contributed by atoms with E-state index in [-0.39, 0.29) is 5.54 Å². The van der Waals surface area contributed by atoms with E-state index < -0.39 is 0 Å². The van der Waals surface area contributed by atoms with Gasteiger partial charge in [-0.2, -0.15) is 0 Å². The van der Waals surface area contributed by atoms with Crippen LogP contribution in [0.4, 0.5) is 0 Å². The molecule has 71 valence electrons. The molecule has 0 aromatic heterocycles. The van der Waals surface area contributed by atoms with Crippen molar-refractivity contribution in [3.05, 3.63) is 0 Å². The van der Waals surface area contributed by atoms with Gasteiger partial charge in [-0.1, -0.05) is 19.8 Å². The van der Waals surface area contributed by atoms with Crippen LogP contribution in [-0.2, 0) is 5.21 Å². The Morgan fingerprint density at radius 1 is 1.50 bits per heavy atom. The molecule has 0 saturated carbocycles. The Bertz CT molecular complexity index is 145. The van der Waals surface area contributed by atoms with E-state index in [9.17, 15) is 5.21 Å². The molecule has 0 spiro atoms. The lowest BCUT2D eigenvalue weighted by atomic mass is 10.0. The highest BCUT2D eigenvalue weighted by atomic mass is 16.5. The Morgan fingerprint density at radius 2 is 2.17 bits per heavy atom. The summed E-state index contributed by atoms with van der Waals surface area (Å²) in [6, 6.07) is 0.306. The van der Waals surface area contributed by atoms with Gasteiger partial charge in [0.1, 0.15) is 0 Å². The predicted molar refractivity (Wildman–Crippen MR) is 49.2 cm³/mol. The summed E-state index contributed by atoms with van der Waals surface area (Å²) in [7, 11) is 0. The highest BCUT2D eigenvalue weighted by Gasteiger charge is 2.39. The van der Waals surface area contributed by atoms with Gasteiger partial charge >= 0.3 is 0 Å². The minimum atomic E-state index is -0.0988. The molecule has 12 heavy (non-hydrogen) atoms. The second-order valence-electron chi connectivity index (χ2n) is 4.47. The molecule has 0 aromatic rings. The fraction of sp³-hybridized carbons (Fsp3) is 1.00. The Morgan fingerprint density at radius 3 is 2.58 bits per heavy atom. The molecule has 0 N–H and O–H groups in total. The van der Waals surface area contributed by atoms with Crippen LogP contribution in [0.5, 0.6) is 0 Å². The number of hydrogen-bond donors (Lipinski definition) is 0. The average molecular weight is 170 g/mol. The van der Waals surface area contributed by atoms with E-state index in [0.717, 1.165) is 19.3 Å². The standard InChI is InChI=1S/C10H20NO/c1-4-5-6-9-7-8-10(2,3)11(9)12/h9H,4-8H2,1-3H3. The highest BCUT2D eigenvalue weighted by Crippen LogP contribution is 2.33. The van der Waals surface area contributed by atoms with Crippen LogP contribution in [0.3, 0.4) is 0 Å². The second kappa shape index (κ2) is 3.75. The van der Waals surface area contributed by atoms with Gasteiger partial charge in [0, 0.05) is 11.6 Å². The van der Waals surface area contributed by atoms with Crippen molar-refractivity contribution in [3.8, 4) is 0 Å². The SMILES string of the molecule is CCCCC1CCC(C)(C)N1[O]. The van der Waals surface area contributed by atoms with E-state index in [0.29, 0.717) is 6.04 Å². The molecule has 2 heteroatoms. The summed E-state index contributed by atoms with van der Waals surface area (Å²) in [5.74, 6) is 0. The zero-order valence-corrected chi connectivity index (χ0v) is 8.47. The minimum Gasteiger partial charge on any atom is -0.146 e. The van der Waals surface area contributed by atoms with Crippen molar-refractivity contribution in [2.24, 2.45) is 0 Å². The number of hydrogen-bond acceptors (Lipinski definition) is 1. The van der Waals surface area contributed by atoms with E-state index in [2.05, 4.69) is 6.92 Å². The first-order valence-electron chi connectivity index (χ1n) is 5.04. The average Bonchev–Trinajstić information content (AvgIpc) is 2.26. The van der Waals surface area contributed by atoms with Gasteiger partial charge in [-0.25, -0.2) is 0 Å². The van der Waals surface area contributed by atoms with Crippen LogP contribution in [0.25, 0.3) is 0 Å². The number of unbranched alkanes of at least 4 members (excludes halogenated alkanes) is 1. The summed E-state index contributed by atoms with van der Waals surface area (Å²) in [6.45, 7) is 6.27. The lowest BCUT2D eigenvalue weighted by molar-refractivity contribution is -0.221. The van der Waals surface area contributed by atoms with E-state index in [4.69, 9.17) is 0 Å². The fourth-order valence-electron chi connectivity index (χ4n) is 1.94. The Kier molecular flexibility index (Phi) is 3.13. The van der Waals surface area contributed by atoms with Crippen molar-refractivity contribution in [1.82, 2.24) is 5.06 Å². The van der Waals surface area contributed by atoms with Crippen LogP contribution in [-0.4, -0.2) is 16.6 Å². The second-order valence-corrected chi connectivity index (χ2v) is 4.47. The van der Waals surface area contributed by atoms with E-state index in [1.54, 1.807) is 0 Å². The third kappa shape index (κ3) is 1.99. The van der Waals surface area contributed by atoms with Gasteiger partial charge < -0.3 is 0 Å². The molecule has 1 atom stereocenters. The first kappa shape index (κ1) is 10.0. The maximum absolute atomic E-state index is 11.6. The van der Waals surface area contributed by atoms with Crippen LogP contribution in [0.1, 0.15) is 52.9 Å². The van der Waals surface area contributed by atoms with Crippen LogP contribution < -0.4 is 0 Å². The van der Waals surface area contributed by atoms with Crippen molar-refractivity contribution in [2.45, 2.75) is 64.5 Å². The zero-order valence-electron chi connectivity index (χ0n) is 8.47. The van der Waals surface area contributed by atoms with E-state index in [1.807, 2.05) is 13.8 Å². The molecule has 1 rings (SSSR count). The molecule has 0 bridgehead atoms. The molecular formula is C10H20NO. The van der Waals surface area contributed by atoms with Crippen LogP contribution >= 0.6 is 0 Å². The van der Waals surface area contributed by atoms with Gasteiger partial charge in [-0.05, 0) is 33.1 Å². The molecular weight excluding hydrogens is 150 g/mol. The van der Waals surface area contributed by atoms with Crippen LogP contribution in [0.15, 0.2) is 0 Å². The summed E-state index contributed by atoms with van der Waals surface area (Å²) in [5, 5.41) is 13.0. The molecule has 0 aliphatic carbocycles. The highest BCUT2D eigenvalue weighted by molar-refractivity contribution is 4.89. The van der Waals surface area contributed by atoms with Gasteiger partial charge in [-0.3, -0.25) is 0 Å². The summed E-state index contributed by atoms with van der Waals surface area (Å²) in [5.41, 5.74) is -0.0988. The predicted octanol–water partition coefficient (Wildman–Crippen LogP) is 2.77. The molecule has 1 saturated heterocycles. The third-order valence-corrected chi connectivity index (χ3v) is 2.91. The maximum Gasteiger partial charge on any atom is 0.0441 e. The monoisotopic (exact) mass is 170 g/mol. The zero-order chi connectivity index (χ0) is 9.19. The molecule has 0 aromatic carbocycles. The maximum atomic E-state index is 11.6. The quantitative estimate of drug-likeness (QED) is 0.638. The summed E-state index contributed by atoms with van der Waals surface area (Å²) >= 11 is 0. The van der Waals surface area contributed by atoms with E-state index >= 15 is 0 Å². The van der Waals surface area contributed by atoms with Crippen LogP contribution in [0.2, 0.25) is 0 Å². The molecule has 1 radical (unpaired) electrons. The first-order chi connectivity index (χ1) is 5.58. The number of nitrogens with zero attached hydrogens (tertiary/aromatic N) is 1. The molecule has 2 nitrogen and oxygen atoms in total. The van der Waals surface area contributed by atoms with Gasteiger partial charge in [0.15, 0.2) is 0 Å². The van der Waals surface area contributed by atoms with Crippen molar-refractivity contribution < 1.29 is 5.21 Å². The van der Waals surface area contributed by atoms with Gasteiger partial charge in [-0.15, -0.1) is 10.3 Å². The first-order valence-corrected chi connectivity index (χ1v) is 5.04. The topological polar surface area (TPSA) is 23.1 Å². The van der Waals surface area contributed by atoms with Gasteiger partial charge in [0.2, 0.25) is 0 Å². The summed E-state index contributed by atoms with van der Waals surface area (Å²) < 4.78 is 0. The minimum absolute atomic E-state index is 0.0988.